The molecule has 2 heterocycles. The highest BCUT2D eigenvalue weighted by Gasteiger charge is 2.24. The number of nitrogens with zero attached hydrogens (tertiary/aromatic N) is 2. The smallest absolute Gasteiger partial charge is 0.0750 e. The predicted octanol–water partition coefficient (Wildman–Crippen LogP) is 8.62. The van der Waals surface area contributed by atoms with E-state index in [2.05, 4.69) is 97.1 Å². The van der Waals surface area contributed by atoms with E-state index in [1.54, 1.807) is 0 Å². The number of benzene rings is 5. The van der Waals surface area contributed by atoms with Crippen molar-refractivity contribution in [2.24, 2.45) is 0 Å². The van der Waals surface area contributed by atoms with Gasteiger partial charge in [0.15, 0.2) is 0 Å². The Balaban J connectivity index is 1.29. The molecule has 9 rings (SSSR count). The molecule has 0 unspecified atom stereocenters. The molecule has 2 nitrogen and oxygen atoms in total. The van der Waals surface area contributed by atoms with Gasteiger partial charge in [0.2, 0.25) is 0 Å². The van der Waals surface area contributed by atoms with E-state index >= 15 is 0 Å². The second kappa shape index (κ2) is 7.49. The van der Waals surface area contributed by atoms with Gasteiger partial charge in [-0.3, -0.25) is 0 Å². The highest BCUT2D eigenvalue weighted by atomic mass is 14.7. The zero-order valence-corrected chi connectivity index (χ0v) is 21.0. The zero-order valence-electron chi connectivity index (χ0n) is 21.0. The maximum absolute atomic E-state index is 5.32. The molecule has 7 aromatic rings. The normalized spacial score (nSPS) is 13.9. The minimum atomic E-state index is 1.03. The van der Waals surface area contributed by atoms with E-state index in [1.807, 2.05) is 0 Å². The number of hydrogen-bond donors (Lipinski definition) is 0. The molecular formula is C36H24N2. The average Bonchev–Trinajstić information content (AvgIpc) is 2.98. The first-order valence-corrected chi connectivity index (χ1v) is 13.6. The molecule has 5 aromatic carbocycles. The van der Waals surface area contributed by atoms with Crippen LogP contribution in [0.1, 0.15) is 22.3 Å². The molecule has 0 fully saturated rings. The van der Waals surface area contributed by atoms with Gasteiger partial charge in [-0.05, 0) is 93.7 Å². The topological polar surface area (TPSA) is 25.8 Å². The molecule has 2 aliphatic rings. The lowest BCUT2D eigenvalue weighted by Gasteiger charge is -2.23. The van der Waals surface area contributed by atoms with Crippen LogP contribution >= 0.6 is 0 Å². The van der Waals surface area contributed by atoms with Crippen molar-refractivity contribution in [3.05, 3.63) is 119 Å². The van der Waals surface area contributed by atoms with E-state index in [-0.39, 0.29) is 0 Å². The van der Waals surface area contributed by atoms with Gasteiger partial charge in [0.05, 0.1) is 22.4 Å². The Morgan fingerprint density at radius 2 is 0.842 bits per heavy atom. The van der Waals surface area contributed by atoms with Gasteiger partial charge < -0.3 is 0 Å². The van der Waals surface area contributed by atoms with Crippen LogP contribution < -0.4 is 0 Å². The van der Waals surface area contributed by atoms with E-state index in [0.29, 0.717) is 0 Å². The first kappa shape index (κ1) is 20.5. The predicted molar refractivity (Wildman–Crippen MR) is 158 cm³/mol. The number of hydrogen-bond acceptors (Lipinski definition) is 2. The minimum Gasteiger partial charge on any atom is -0.247 e. The zero-order chi connectivity index (χ0) is 24.8. The van der Waals surface area contributed by atoms with Gasteiger partial charge in [-0.25, -0.2) is 9.97 Å². The van der Waals surface area contributed by atoms with Gasteiger partial charge in [0.1, 0.15) is 0 Å². The lowest BCUT2D eigenvalue weighted by atomic mass is 9.84. The summed E-state index contributed by atoms with van der Waals surface area (Å²) < 4.78 is 0. The van der Waals surface area contributed by atoms with Crippen molar-refractivity contribution in [1.82, 2.24) is 9.97 Å². The first-order chi connectivity index (χ1) is 18.8. The fraction of sp³-hybridized carbons (Fsp3) is 0.111. The van der Waals surface area contributed by atoms with Gasteiger partial charge in [-0.15, -0.1) is 0 Å². The Morgan fingerprint density at radius 1 is 0.395 bits per heavy atom. The summed E-state index contributed by atoms with van der Waals surface area (Å²) >= 11 is 0. The third kappa shape index (κ3) is 2.78. The fourth-order valence-electron chi connectivity index (χ4n) is 6.94. The molecule has 178 valence electrons. The van der Waals surface area contributed by atoms with Crippen LogP contribution in [-0.2, 0) is 25.7 Å². The Hall–Kier alpha value is -4.56. The van der Waals surface area contributed by atoms with Crippen LogP contribution in [0.4, 0.5) is 0 Å². The van der Waals surface area contributed by atoms with Crippen molar-refractivity contribution < 1.29 is 0 Å². The summed E-state index contributed by atoms with van der Waals surface area (Å²) in [6.45, 7) is 0. The van der Waals surface area contributed by atoms with Crippen LogP contribution in [0.2, 0.25) is 0 Å². The molecule has 0 saturated carbocycles. The van der Waals surface area contributed by atoms with Gasteiger partial charge in [-0.1, -0.05) is 72.8 Å². The van der Waals surface area contributed by atoms with Crippen molar-refractivity contribution in [2.45, 2.75) is 25.7 Å². The average molecular weight is 485 g/mol. The number of pyridine rings is 2. The summed E-state index contributed by atoms with van der Waals surface area (Å²) in [6.07, 6.45) is 4.17. The van der Waals surface area contributed by atoms with Crippen molar-refractivity contribution in [3.8, 4) is 22.5 Å². The molecule has 0 spiro atoms. The van der Waals surface area contributed by atoms with Crippen LogP contribution in [0.25, 0.3) is 65.9 Å². The lowest BCUT2D eigenvalue weighted by Crippen LogP contribution is -2.08. The summed E-state index contributed by atoms with van der Waals surface area (Å²) in [5, 5.41) is 7.62. The van der Waals surface area contributed by atoms with E-state index < -0.39 is 0 Å². The first-order valence-electron chi connectivity index (χ1n) is 13.6. The Bertz CT molecular complexity index is 1980. The van der Waals surface area contributed by atoms with Crippen LogP contribution in [0.15, 0.2) is 97.1 Å². The fourth-order valence-corrected chi connectivity index (χ4v) is 6.94. The van der Waals surface area contributed by atoms with Crippen molar-refractivity contribution in [3.63, 3.8) is 0 Å². The SMILES string of the molecule is c1ccc2c3c(ccc2c1)CCc1cc2c(ccc4nc5c(cc42)CCc2ccc4ccccc4c2-5)nc1-3. The molecule has 2 aliphatic carbocycles. The van der Waals surface area contributed by atoms with Gasteiger partial charge in [-0.2, -0.15) is 0 Å². The molecule has 0 aliphatic heterocycles. The monoisotopic (exact) mass is 484 g/mol. The van der Waals surface area contributed by atoms with Crippen molar-refractivity contribution >= 4 is 43.4 Å². The summed E-state index contributed by atoms with van der Waals surface area (Å²) in [5.41, 5.74) is 12.6. The van der Waals surface area contributed by atoms with Crippen molar-refractivity contribution in [2.75, 3.05) is 0 Å². The highest BCUT2D eigenvalue weighted by Crippen LogP contribution is 2.42. The van der Waals surface area contributed by atoms with Crippen LogP contribution in [0, 0.1) is 0 Å². The summed E-state index contributed by atoms with van der Waals surface area (Å²) in [4.78, 5) is 10.6. The standard InChI is InChI=1S/C36H24N2/c1-3-7-27-21(5-1)9-11-23-13-15-25-19-29-30-20-26-16-14-24-12-10-22-6-2-4-8-28(22)34(24)36(26)38-32(30)18-17-31(29)37-35(25)33(23)27/h1-12,17-20H,13-16H2. The summed E-state index contributed by atoms with van der Waals surface area (Å²) in [6, 6.07) is 35.7. The molecule has 38 heavy (non-hydrogen) atoms. The summed E-state index contributed by atoms with van der Waals surface area (Å²) in [5.74, 6) is 0. The highest BCUT2D eigenvalue weighted by molar-refractivity contribution is 6.09. The van der Waals surface area contributed by atoms with E-state index in [4.69, 9.17) is 9.97 Å². The van der Waals surface area contributed by atoms with E-state index in [0.717, 1.165) is 48.1 Å². The second-order valence-corrected chi connectivity index (χ2v) is 10.8. The van der Waals surface area contributed by atoms with Gasteiger partial charge in [0, 0.05) is 21.9 Å². The molecule has 2 heteroatoms. The molecule has 0 N–H and O–H groups in total. The number of aromatic nitrogens is 2. The molecule has 2 aromatic heterocycles. The Morgan fingerprint density at radius 3 is 1.34 bits per heavy atom. The molecule has 0 bridgehead atoms. The number of rotatable bonds is 0. The molecule has 0 radical (unpaired) electrons. The maximum atomic E-state index is 5.32. The van der Waals surface area contributed by atoms with Crippen LogP contribution in [0.5, 0.6) is 0 Å². The van der Waals surface area contributed by atoms with Crippen molar-refractivity contribution in [1.29, 1.82) is 0 Å². The van der Waals surface area contributed by atoms with E-state index in [1.165, 1.54) is 65.7 Å². The lowest BCUT2D eigenvalue weighted by molar-refractivity contribution is 0.934. The van der Waals surface area contributed by atoms with Gasteiger partial charge in [0.25, 0.3) is 0 Å². The minimum absolute atomic E-state index is 1.03. The maximum Gasteiger partial charge on any atom is 0.0750 e. The third-order valence-corrected chi connectivity index (χ3v) is 8.78. The second-order valence-electron chi connectivity index (χ2n) is 10.8. The van der Waals surface area contributed by atoms with E-state index in [9.17, 15) is 0 Å². The Kier molecular flexibility index (Phi) is 4.04. The molecule has 0 saturated heterocycles. The number of aryl methyl sites for hydroxylation is 4. The number of fused-ring (bicyclic) bond motifs is 13. The largest absolute Gasteiger partial charge is 0.247 e. The van der Waals surface area contributed by atoms with Gasteiger partial charge >= 0.3 is 0 Å². The Labute approximate surface area is 220 Å². The molecule has 0 amide bonds. The summed E-state index contributed by atoms with van der Waals surface area (Å²) in [7, 11) is 0. The van der Waals surface area contributed by atoms with Crippen LogP contribution in [0.3, 0.4) is 0 Å². The quantitative estimate of drug-likeness (QED) is 0.201. The third-order valence-electron chi connectivity index (χ3n) is 8.78. The molecular weight excluding hydrogens is 460 g/mol. The molecule has 0 atom stereocenters. The van der Waals surface area contributed by atoms with Crippen LogP contribution in [-0.4, -0.2) is 9.97 Å².